The molecule has 5 nitrogen and oxygen atoms in total. The minimum atomic E-state index is -0.126. The molecule has 0 aliphatic carbocycles. The molecule has 2 aliphatic heterocycles. The van der Waals surface area contributed by atoms with Gasteiger partial charge in [-0.15, -0.1) is 6.58 Å². The molecule has 0 bridgehead atoms. The van der Waals surface area contributed by atoms with Crippen LogP contribution >= 0.6 is 0 Å². The molecule has 0 aromatic rings. The fraction of sp³-hybridized carbons (Fsp3) is 0.444. The smallest absolute Gasteiger partial charge is 0.252 e. The predicted molar refractivity (Wildman–Crippen MR) is 52.4 cm³/mol. The molecule has 0 aromatic heterocycles. The van der Waals surface area contributed by atoms with E-state index < -0.39 is 0 Å². The van der Waals surface area contributed by atoms with Crippen LogP contribution in [0.25, 0.3) is 0 Å². The zero-order valence-corrected chi connectivity index (χ0v) is 8.16. The summed E-state index contributed by atoms with van der Waals surface area (Å²) in [6, 6.07) is -0.126. The van der Waals surface area contributed by atoms with E-state index in [1.165, 1.54) is 0 Å². The Bertz CT molecular complexity index is 299. The van der Waals surface area contributed by atoms with Crippen molar-refractivity contribution in [2.24, 2.45) is 0 Å². The molecule has 2 N–H and O–H groups in total. The Balaban J connectivity index is 2.24. The third-order valence-corrected chi connectivity index (χ3v) is 2.45. The third-order valence-electron chi connectivity index (χ3n) is 2.45. The van der Waals surface area contributed by atoms with Gasteiger partial charge in [0.25, 0.3) is 5.91 Å². The number of fused-ring (bicyclic) bond motifs is 1. The van der Waals surface area contributed by atoms with Gasteiger partial charge in [0.05, 0.1) is 0 Å². The molecule has 5 heteroatoms. The monoisotopic (exact) mass is 194 g/mol. The van der Waals surface area contributed by atoms with Crippen LogP contribution in [0.15, 0.2) is 24.6 Å². The molecule has 1 atom stereocenters. The summed E-state index contributed by atoms with van der Waals surface area (Å²) in [5, 5.41) is 1.80. The summed E-state index contributed by atoms with van der Waals surface area (Å²) in [6.07, 6.45) is 3.66. The highest BCUT2D eigenvalue weighted by molar-refractivity contribution is 5.85. The van der Waals surface area contributed by atoms with Crippen molar-refractivity contribution in [3.8, 4) is 0 Å². The highest BCUT2D eigenvalue weighted by Gasteiger charge is 2.36. The maximum absolute atomic E-state index is 11.9. The molecule has 1 unspecified atom stereocenters. The van der Waals surface area contributed by atoms with Crippen LogP contribution in [0.2, 0.25) is 0 Å². The molecule has 76 valence electrons. The number of carbonyl (C=O) groups is 1. The normalized spacial score (nSPS) is 26.2. The number of nitrogens with one attached hydrogen (secondary N) is 2. The third kappa shape index (κ3) is 1.30. The SMILES string of the molecule is C=CCN1C(=O)C2CNNN2C=C1C. The summed E-state index contributed by atoms with van der Waals surface area (Å²) in [4.78, 5) is 13.7. The van der Waals surface area contributed by atoms with Crippen LogP contribution in [0.4, 0.5) is 0 Å². The second-order valence-corrected chi connectivity index (χ2v) is 3.42. The quantitative estimate of drug-likeness (QED) is 0.586. The first-order valence-electron chi connectivity index (χ1n) is 4.61. The van der Waals surface area contributed by atoms with Crippen molar-refractivity contribution in [2.75, 3.05) is 13.1 Å². The van der Waals surface area contributed by atoms with Gasteiger partial charge in [-0.05, 0) is 6.92 Å². The topological polar surface area (TPSA) is 47.6 Å². The summed E-state index contributed by atoms with van der Waals surface area (Å²) in [6.45, 7) is 6.77. The van der Waals surface area contributed by atoms with Gasteiger partial charge in [-0.3, -0.25) is 9.80 Å². The van der Waals surface area contributed by atoms with Crippen LogP contribution in [0.1, 0.15) is 6.92 Å². The van der Waals surface area contributed by atoms with Crippen LogP contribution in [0.3, 0.4) is 0 Å². The van der Waals surface area contributed by atoms with E-state index in [0.29, 0.717) is 13.1 Å². The van der Waals surface area contributed by atoms with Gasteiger partial charge in [0, 0.05) is 25.0 Å². The largest absolute Gasteiger partial charge is 0.309 e. The standard InChI is InChI=1S/C9H14N4O/c1-3-4-12-7(2)6-13-8(9(12)14)5-10-11-13/h3,6,8,10-11H,1,4-5H2,2H3. The first-order chi connectivity index (χ1) is 6.74. The fourth-order valence-electron chi connectivity index (χ4n) is 1.73. The fourth-order valence-corrected chi connectivity index (χ4v) is 1.73. The van der Waals surface area contributed by atoms with Crippen LogP contribution in [-0.2, 0) is 4.79 Å². The second kappa shape index (κ2) is 3.43. The van der Waals surface area contributed by atoms with E-state index in [4.69, 9.17) is 0 Å². The Morgan fingerprint density at radius 3 is 3.29 bits per heavy atom. The number of allylic oxidation sites excluding steroid dienone is 1. The number of carbonyl (C=O) groups excluding carboxylic acids is 1. The first kappa shape index (κ1) is 9.23. The molecule has 0 saturated carbocycles. The van der Waals surface area contributed by atoms with E-state index in [2.05, 4.69) is 17.5 Å². The molecule has 14 heavy (non-hydrogen) atoms. The molecular weight excluding hydrogens is 180 g/mol. The molecule has 0 radical (unpaired) electrons. The molecule has 0 aromatic carbocycles. The molecule has 1 amide bonds. The summed E-state index contributed by atoms with van der Waals surface area (Å²) in [5.41, 5.74) is 6.78. The second-order valence-electron chi connectivity index (χ2n) is 3.42. The van der Waals surface area contributed by atoms with Crippen molar-refractivity contribution in [2.45, 2.75) is 13.0 Å². The lowest BCUT2D eigenvalue weighted by atomic mass is 10.2. The molecule has 1 saturated heterocycles. The number of hydrogen-bond donors (Lipinski definition) is 2. The van der Waals surface area contributed by atoms with Crippen molar-refractivity contribution in [3.63, 3.8) is 0 Å². The molecule has 1 fully saturated rings. The average Bonchev–Trinajstić information content (AvgIpc) is 2.60. The number of rotatable bonds is 2. The van der Waals surface area contributed by atoms with Gasteiger partial charge in [-0.25, -0.2) is 5.43 Å². The van der Waals surface area contributed by atoms with Gasteiger partial charge in [-0.1, -0.05) is 6.08 Å². The molecule has 2 heterocycles. The zero-order chi connectivity index (χ0) is 10.1. The van der Waals surface area contributed by atoms with Crippen molar-refractivity contribution in [1.29, 1.82) is 0 Å². The Morgan fingerprint density at radius 2 is 2.57 bits per heavy atom. The highest BCUT2D eigenvalue weighted by Crippen LogP contribution is 2.18. The molecular formula is C9H14N4O. The summed E-state index contributed by atoms with van der Waals surface area (Å²) < 4.78 is 0. The van der Waals surface area contributed by atoms with Gasteiger partial charge in [0.2, 0.25) is 0 Å². The zero-order valence-electron chi connectivity index (χ0n) is 8.16. The van der Waals surface area contributed by atoms with E-state index in [0.717, 1.165) is 5.70 Å². The van der Waals surface area contributed by atoms with Gasteiger partial charge >= 0.3 is 0 Å². The van der Waals surface area contributed by atoms with Crippen LogP contribution in [-0.4, -0.2) is 34.9 Å². The van der Waals surface area contributed by atoms with E-state index in [1.54, 1.807) is 16.0 Å². The van der Waals surface area contributed by atoms with E-state index in [9.17, 15) is 4.79 Å². The highest BCUT2D eigenvalue weighted by atomic mass is 16.2. The predicted octanol–water partition coefficient (Wildman–Crippen LogP) is -0.431. The Kier molecular flexibility index (Phi) is 2.26. The van der Waals surface area contributed by atoms with Crippen LogP contribution in [0.5, 0.6) is 0 Å². The van der Waals surface area contributed by atoms with E-state index in [1.807, 2.05) is 13.1 Å². The summed E-state index contributed by atoms with van der Waals surface area (Å²) >= 11 is 0. The lowest BCUT2D eigenvalue weighted by Crippen LogP contribution is -2.50. The first-order valence-corrected chi connectivity index (χ1v) is 4.61. The number of amides is 1. The van der Waals surface area contributed by atoms with Crippen molar-refractivity contribution in [3.05, 3.63) is 24.6 Å². The Morgan fingerprint density at radius 1 is 1.79 bits per heavy atom. The minimum Gasteiger partial charge on any atom is -0.309 e. The summed E-state index contributed by atoms with van der Waals surface area (Å²) in [5.74, 6) is 0.113. The van der Waals surface area contributed by atoms with Crippen LogP contribution < -0.4 is 11.0 Å². The van der Waals surface area contributed by atoms with Gasteiger partial charge in [0.15, 0.2) is 0 Å². The Labute approximate surface area is 83.0 Å². The van der Waals surface area contributed by atoms with Crippen molar-refractivity contribution >= 4 is 5.91 Å². The van der Waals surface area contributed by atoms with E-state index in [-0.39, 0.29) is 11.9 Å². The van der Waals surface area contributed by atoms with Crippen molar-refractivity contribution in [1.82, 2.24) is 20.9 Å². The molecule has 0 spiro atoms. The molecule has 2 aliphatic rings. The van der Waals surface area contributed by atoms with Gasteiger partial charge in [-0.2, -0.15) is 5.53 Å². The summed E-state index contributed by atoms with van der Waals surface area (Å²) in [7, 11) is 0. The average molecular weight is 194 g/mol. The Hall–Kier alpha value is -1.33. The van der Waals surface area contributed by atoms with E-state index >= 15 is 0 Å². The number of hydrogen-bond acceptors (Lipinski definition) is 4. The number of nitrogens with zero attached hydrogens (tertiary/aromatic N) is 2. The number of hydrazine groups is 2. The van der Waals surface area contributed by atoms with Crippen LogP contribution in [0, 0.1) is 0 Å². The van der Waals surface area contributed by atoms with Crippen molar-refractivity contribution < 1.29 is 4.79 Å². The maximum Gasteiger partial charge on any atom is 0.252 e. The lowest BCUT2D eigenvalue weighted by Gasteiger charge is -2.33. The van der Waals surface area contributed by atoms with Gasteiger partial charge < -0.3 is 4.90 Å². The molecule has 2 rings (SSSR count). The van der Waals surface area contributed by atoms with Gasteiger partial charge in [0.1, 0.15) is 6.04 Å². The lowest BCUT2D eigenvalue weighted by molar-refractivity contribution is -0.134. The minimum absolute atomic E-state index is 0.113. The maximum atomic E-state index is 11.9.